The van der Waals surface area contributed by atoms with E-state index in [1.54, 1.807) is 11.9 Å². The molecule has 1 rings (SSSR count). The highest BCUT2D eigenvalue weighted by Gasteiger charge is 2.30. The average Bonchev–Trinajstić information content (AvgIpc) is 2.53. The predicted molar refractivity (Wildman–Crippen MR) is 67.6 cm³/mol. The van der Waals surface area contributed by atoms with E-state index >= 15 is 0 Å². The Hall–Kier alpha value is -0.620. The Morgan fingerprint density at radius 1 is 1.35 bits per heavy atom. The number of sulfone groups is 1. The Kier molecular flexibility index (Phi) is 4.94. The van der Waals surface area contributed by atoms with Gasteiger partial charge in [-0.25, -0.2) is 8.42 Å². The van der Waals surface area contributed by atoms with Gasteiger partial charge in [0.1, 0.15) is 5.25 Å². The van der Waals surface area contributed by atoms with Crippen LogP contribution in [0.4, 0.5) is 0 Å². The molecule has 6 heteroatoms. The fourth-order valence-corrected chi connectivity index (χ4v) is 2.57. The minimum atomic E-state index is -3.30. The van der Waals surface area contributed by atoms with Crippen molar-refractivity contribution in [2.24, 2.45) is 0 Å². The second-order valence-electron chi connectivity index (χ2n) is 4.76. The Morgan fingerprint density at radius 2 is 2.00 bits per heavy atom. The minimum Gasteiger partial charge on any atom is -0.342 e. The van der Waals surface area contributed by atoms with Gasteiger partial charge in [0, 0.05) is 19.3 Å². The molecular formula is C11H22N2O3S. The number of rotatable bonds is 3. The summed E-state index contributed by atoms with van der Waals surface area (Å²) in [7, 11) is -1.59. The quantitative estimate of drug-likeness (QED) is 0.778. The van der Waals surface area contributed by atoms with Crippen molar-refractivity contribution in [2.75, 3.05) is 26.4 Å². The van der Waals surface area contributed by atoms with Gasteiger partial charge in [-0.15, -0.1) is 0 Å². The molecule has 1 aliphatic heterocycles. The third-order valence-electron chi connectivity index (χ3n) is 3.43. The number of nitrogens with zero attached hydrogens (tertiary/aromatic N) is 1. The summed E-state index contributed by atoms with van der Waals surface area (Å²) in [5.74, 6) is -0.292. The molecule has 0 aromatic heterocycles. The smallest absolute Gasteiger partial charge is 0.240 e. The number of hydrogen-bond donors (Lipinski definition) is 1. The van der Waals surface area contributed by atoms with E-state index in [1.165, 1.54) is 6.92 Å². The molecule has 2 unspecified atom stereocenters. The normalized spacial score (nSPS) is 23.8. The van der Waals surface area contributed by atoms with E-state index < -0.39 is 15.1 Å². The first-order valence-corrected chi connectivity index (χ1v) is 7.95. The molecule has 2 atom stereocenters. The largest absolute Gasteiger partial charge is 0.342 e. The fraction of sp³-hybridized carbons (Fsp3) is 0.909. The molecule has 1 saturated heterocycles. The van der Waals surface area contributed by atoms with E-state index in [0.717, 1.165) is 38.6 Å². The van der Waals surface area contributed by atoms with Crippen LogP contribution in [0.25, 0.3) is 0 Å². The Morgan fingerprint density at radius 3 is 2.59 bits per heavy atom. The SMILES string of the molecule is CC(C(=O)N(C)C1CCCNCC1)S(C)(=O)=O. The Balaban J connectivity index is 2.68. The maximum atomic E-state index is 12.0. The van der Waals surface area contributed by atoms with E-state index in [0.29, 0.717) is 0 Å². The summed E-state index contributed by atoms with van der Waals surface area (Å²) in [6, 6.07) is 0.154. The van der Waals surface area contributed by atoms with Crippen LogP contribution in [0, 0.1) is 0 Å². The molecule has 5 nitrogen and oxygen atoms in total. The predicted octanol–water partition coefficient (Wildman–Crippen LogP) is 0.0200. The molecule has 100 valence electrons. The van der Waals surface area contributed by atoms with Crippen LogP contribution in [-0.2, 0) is 14.6 Å². The van der Waals surface area contributed by atoms with Crippen molar-refractivity contribution in [3.63, 3.8) is 0 Å². The minimum absolute atomic E-state index is 0.154. The van der Waals surface area contributed by atoms with Crippen LogP contribution in [0.2, 0.25) is 0 Å². The summed E-state index contributed by atoms with van der Waals surface area (Å²) in [6.07, 6.45) is 3.96. The fourth-order valence-electron chi connectivity index (χ4n) is 2.04. The molecule has 0 aromatic carbocycles. The van der Waals surface area contributed by atoms with Crippen LogP contribution in [0.3, 0.4) is 0 Å². The van der Waals surface area contributed by atoms with Crippen molar-refractivity contribution in [2.45, 2.75) is 37.5 Å². The molecule has 1 amide bonds. The van der Waals surface area contributed by atoms with Gasteiger partial charge in [0.2, 0.25) is 5.91 Å². The molecule has 0 radical (unpaired) electrons. The highest BCUT2D eigenvalue weighted by Crippen LogP contribution is 2.14. The summed E-state index contributed by atoms with van der Waals surface area (Å²) in [5, 5.41) is 2.33. The zero-order valence-corrected chi connectivity index (χ0v) is 11.6. The standard InChI is InChI=1S/C11H22N2O3S/c1-9(17(3,15)16)11(14)13(2)10-5-4-7-12-8-6-10/h9-10,12H,4-8H2,1-3H3. The van der Waals surface area contributed by atoms with Crippen molar-refractivity contribution in [3.05, 3.63) is 0 Å². The number of amides is 1. The lowest BCUT2D eigenvalue weighted by Gasteiger charge is -2.28. The van der Waals surface area contributed by atoms with Crippen LogP contribution < -0.4 is 5.32 Å². The summed E-state index contributed by atoms with van der Waals surface area (Å²) >= 11 is 0. The average molecular weight is 262 g/mol. The molecule has 1 N–H and O–H groups in total. The van der Waals surface area contributed by atoms with Crippen LogP contribution >= 0.6 is 0 Å². The molecule has 0 aromatic rings. The summed E-state index contributed by atoms with van der Waals surface area (Å²) in [6.45, 7) is 3.32. The van der Waals surface area contributed by atoms with E-state index in [4.69, 9.17) is 0 Å². The first-order chi connectivity index (χ1) is 7.84. The zero-order chi connectivity index (χ0) is 13.1. The molecule has 1 fully saturated rings. The highest BCUT2D eigenvalue weighted by atomic mass is 32.2. The summed E-state index contributed by atoms with van der Waals surface area (Å²) in [5.41, 5.74) is 0. The van der Waals surface area contributed by atoms with Crippen molar-refractivity contribution >= 4 is 15.7 Å². The van der Waals surface area contributed by atoms with Gasteiger partial charge in [0.15, 0.2) is 9.84 Å². The van der Waals surface area contributed by atoms with Gasteiger partial charge in [-0.3, -0.25) is 4.79 Å². The molecule has 0 bridgehead atoms. The van der Waals surface area contributed by atoms with Crippen molar-refractivity contribution in [3.8, 4) is 0 Å². The van der Waals surface area contributed by atoms with Crippen LogP contribution in [0.1, 0.15) is 26.2 Å². The lowest BCUT2D eigenvalue weighted by atomic mass is 10.1. The molecule has 1 heterocycles. The highest BCUT2D eigenvalue weighted by molar-refractivity contribution is 7.92. The monoisotopic (exact) mass is 262 g/mol. The maximum absolute atomic E-state index is 12.0. The zero-order valence-electron chi connectivity index (χ0n) is 10.8. The molecule has 0 spiro atoms. The topological polar surface area (TPSA) is 66.5 Å². The van der Waals surface area contributed by atoms with E-state index in [1.807, 2.05) is 0 Å². The van der Waals surface area contributed by atoms with Crippen LogP contribution in [-0.4, -0.2) is 56.9 Å². The summed E-state index contributed by atoms with van der Waals surface area (Å²) < 4.78 is 22.7. The lowest BCUT2D eigenvalue weighted by molar-refractivity contribution is -0.131. The molecule has 0 saturated carbocycles. The van der Waals surface area contributed by atoms with Gasteiger partial charge < -0.3 is 10.2 Å². The molecular weight excluding hydrogens is 240 g/mol. The van der Waals surface area contributed by atoms with E-state index in [-0.39, 0.29) is 11.9 Å². The first-order valence-electron chi connectivity index (χ1n) is 6.00. The second-order valence-corrected chi connectivity index (χ2v) is 7.12. The maximum Gasteiger partial charge on any atom is 0.240 e. The van der Waals surface area contributed by atoms with E-state index in [2.05, 4.69) is 5.32 Å². The third-order valence-corrected chi connectivity index (χ3v) is 4.92. The van der Waals surface area contributed by atoms with Crippen LogP contribution in [0.5, 0.6) is 0 Å². The summed E-state index contributed by atoms with van der Waals surface area (Å²) in [4.78, 5) is 13.6. The van der Waals surface area contributed by atoms with Gasteiger partial charge in [-0.05, 0) is 39.3 Å². The van der Waals surface area contributed by atoms with Gasteiger partial charge >= 0.3 is 0 Å². The number of hydrogen-bond acceptors (Lipinski definition) is 4. The Bertz CT molecular complexity index is 359. The van der Waals surface area contributed by atoms with Crippen molar-refractivity contribution in [1.82, 2.24) is 10.2 Å². The number of carbonyl (C=O) groups excluding carboxylic acids is 1. The van der Waals surface area contributed by atoms with E-state index in [9.17, 15) is 13.2 Å². The first kappa shape index (κ1) is 14.4. The van der Waals surface area contributed by atoms with Crippen LogP contribution in [0.15, 0.2) is 0 Å². The number of nitrogens with one attached hydrogen (secondary N) is 1. The van der Waals surface area contributed by atoms with Gasteiger partial charge in [0.05, 0.1) is 0 Å². The molecule has 0 aliphatic carbocycles. The number of carbonyl (C=O) groups is 1. The second kappa shape index (κ2) is 5.82. The van der Waals surface area contributed by atoms with Gasteiger partial charge in [-0.2, -0.15) is 0 Å². The van der Waals surface area contributed by atoms with Gasteiger partial charge in [0.25, 0.3) is 0 Å². The molecule has 1 aliphatic rings. The Labute approximate surface area is 103 Å². The lowest BCUT2D eigenvalue weighted by Crippen LogP contribution is -2.44. The third kappa shape index (κ3) is 3.96. The van der Waals surface area contributed by atoms with Gasteiger partial charge in [-0.1, -0.05) is 0 Å². The van der Waals surface area contributed by atoms with Crippen molar-refractivity contribution in [1.29, 1.82) is 0 Å². The van der Waals surface area contributed by atoms with Crippen molar-refractivity contribution < 1.29 is 13.2 Å². The molecule has 17 heavy (non-hydrogen) atoms.